The largest absolute Gasteiger partial charge is 0.493 e. The molecule has 6 nitrogen and oxygen atoms in total. The van der Waals surface area contributed by atoms with Crippen LogP contribution in [-0.2, 0) is 22.4 Å². The molecule has 178 valence electrons. The zero-order valence-electron chi connectivity index (χ0n) is 19.9. The van der Waals surface area contributed by atoms with Gasteiger partial charge in [0.1, 0.15) is 5.00 Å². The highest BCUT2D eigenvalue weighted by Crippen LogP contribution is 2.38. The molecule has 0 bridgehead atoms. The number of fused-ring (bicyclic) bond motifs is 1. The van der Waals surface area contributed by atoms with Crippen LogP contribution < -0.4 is 14.8 Å². The van der Waals surface area contributed by atoms with Gasteiger partial charge in [-0.3, -0.25) is 4.79 Å². The summed E-state index contributed by atoms with van der Waals surface area (Å²) >= 11 is 1.48. The lowest BCUT2D eigenvalue weighted by atomic mass is 9.95. The van der Waals surface area contributed by atoms with Gasteiger partial charge in [0, 0.05) is 11.0 Å². The highest BCUT2D eigenvalue weighted by atomic mass is 32.1. The second-order valence-electron chi connectivity index (χ2n) is 8.40. The zero-order chi connectivity index (χ0) is 23.8. The first-order chi connectivity index (χ1) is 15.9. The van der Waals surface area contributed by atoms with Crippen LogP contribution in [-0.4, -0.2) is 32.2 Å². The first-order valence-electron chi connectivity index (χ1n) is 11.5. The number of hydrogen-bond donors (Lipinski definition) is 1. The molecule has 7 heteroatoms. The van der Waals surface area contributed by atoms with Crippen LogP contribution in [0, 0.1) is 5.92 Å². The van der Waals surface area contributed by atoms with Crippen molar-refractivity contribution in [3.63, 3.8) is 0 Å². The van der Waals surface area contributed by atoms with E-state index in [1.807, 2.05) is 18.2 Å². The summed E-state index contributed by atoms with van der Waals surface area (Å²) in [6.07, 6.45) is 8.06. The summed E-state index contributed by atoms with van der Waals surface area (Å²) < 4.78 is 16.5. The molecule has 1 amide bonds. The van der Waals surface area contributed by atoms with Crippen molar-refractivity contribution in [2.75, 3.05) is 25.6 Å². The van der Waals surface area contributed by atoms with Crippen LogP contribution in [0.4, 0.5) is 5.00 Å². The Bertz CT molecular complexity index is 1010. The van der Waals surface area contributed by atoms with E-state index in [-0.39, 0.29) is 11.9 Å². The predicted octanol–water partition coefficient (Wildman–Crippen LogP) is 5.89. The van der Waals surface area contributed by atoms with E-state index in [0.717, 1.165) is 43.2 Å². The zero-order valence-corrected chi connectivity index (χ0v) is 20.7. The van der Waals surface area contributed by atoms with Gasteiger partial charge >= 0.3 is 5.97 Å². The van der Waals surface area contributed by atoms with Gasteiger partial charge in [0.05, 0.1) is 25.9 Å². The molecular weight excluding hydrogens is 438 g/mol. The Hall–Kier alpha value is -2.80. The number of nitrogens with one attached hydrogen (secondary N) is 1. The Balaban J connectivity index is 1.71. The Morgan fingerprint density at radius 3 is 2.70 bits per heavy atom. The van der Waals surface area contributed by atoms with Crippen molar-refractivity contribution in [2.45, 2.75) is 52.9 Å². The summed E-state index contributed by atoms with van der Waals surface area (Å²) in [4.78, 5) is 26.4. The van der Waals surface area contributed by atoms with Gasteiger partial charge in [0.25, 0.3) is 0 Å². The van der Waals surface area contributed by atoms with Gasteiger partial charge in [0.15, 0.2) is 11.5 Å². The molecule has 0 saturated heterocycles. The minimum atomic E-state index is -0.367. The molecule has 1 aliphatic carbocycles. The maximum absolute atomic E-state index is 12.7. The van der Waals surface area contributed by atoms with Crippen LogP contribution in [0.25, 0.3) is 6.08 Å². The van der Waals surface area contributed by atoms with E-state index in [4.69, 9.17) is 14.2 Å². The molecule has 0 unspecified atom stereocenters. The van der Waals surface area contributed by atoms with Gasteiger partial charge in [0.2, 0.25) is 5.91 Å². The van der Waals surface area contributed by atoms with E-state index >= 15 is 0 Å². The average molecular weight is 472 g/mol. The number of methoxy groups -OCH3 is 1. The van der Waals surface area contributed by atoms with Crippen molar-refractivity contribution in [1.29, 1.82) is 0 Å². The number of carbonyl (C=O) groups excluding carboxylic acids is 2. The van der Waals surface area contributed by atoms with Crippen LogP contribution in [0.1, 0.15) is 66.4 Å². The van der Waals surface area contributed by atoms with Gasteiger partial charge in [-0.25, -0.2) is 4.79 Å². The van der Waals surface area contributed by atoms with Crippen LogP contribution >= 0.6 is 11.3 Å². The van der Waals surface area contributed by atoms with E-state index in [1.165, 1.54) is 22.3 Å². The predicted molar refractivity (Wildman–Crippen MR) is 133 cm³/mol. The fraction of sp³-hybridized carbons (Fsp3) is 0.462. The smallest absolute Gasteiger partial charge is 0.341 e. The maximum atomic E-state index is 12.7. The number of carbonyl (C=O) groups is 2. The van der Waals surface area contributed by atoms with E-state index in [1.54, 1.807) is 20.1 Å². The second-order valence-corrected chi connectivity index (χ2v) is 9.50. The number of ether oxygens (including phenoxy) is 3. The van der Waals surface area contributed by atoms with Gasteiger partial charge in [-0.2, -0.15) is 0 Å². The van der Waals surface area contributed by atoms with Gasteiger partial charge in [-0.05, 0) is 74.3 Å². The van der Waals surface area contributed by atoms with Gasteiger partial charge < -0.3 is 19.5 Å². The number of hydrogen-bond acceptors (Lipinski definition) is 6. The van der Waals surface area contributed by atoms with Gasteiger partial charge in [-0.1, -0.05) is 19.9 Å². The molecule has 0 aliphatic heterocycles. The summed E-state index contributed by atoms with van der Waals surface area (Å²) in [7, 11) is 1.60. The average Bonchev–Trinajstić information content (AvgIpc) is 3.15. The number of anilines is 1. The van der Waals surface area contributed by atoms with E-state index in [2.05, 4.69) is 19.2 Å². The van der Waals surface area contributed by atoms with E-state index in [9.17, 15) is 9.59 Å². The Labute approximate surface area is 199 Å². The Kier molecular flexibility index (Phi) is 8.95. The van der Waals surface area contributed by atoms with Crippen molar-refractivity contribution in [1.82, 2.24) is 0 Å². The molecule has 1 aromatic heterocycles. The molecule has 0 spiro atoms. The number of aryl methyl sites for hydroxylation is 1. The molecule has 0 fully saturated rings. The standard InChI is InChI=1S/C26H33NO5S/c1-5-31-26(29)24-19-8-6-7-9-22(19)33-25(24)27-23(28)13-11-18-10-12-20(21(16-18)30-4)32-15-14-17(2)3/h10-13,16-17H,5-9,14-15H2,1-4H3,(H,27,28). The normalized spacial score (nSPS) is 13.1. The topological polar surface area (TPSA) is 73.9 Å². The summed E-state index contributed by atoms with van der Waals surface area (Å²) in [6, 6.07) is 5.57. The summed E-state index contributed by atoms with van der Waals surface area (Å²) in [5.41, 5.74) is 2.36. The van der Waals surface area contributed by atoms with Crippen LogP contribution in [0.3, 0.4) is 0 Å². The fourth-order valence-electron chi connectivity index (χ4n) is 3.71. The summed E-state index contributed by atoms with van der Waals surface area (Å²) in [5.74, 6) is 1.21. The third-order valence-electron chi connectivity index (χ3n) is 5.46. The minimum Gasteiger partial charge on any atom is -0.493 e. The highest BCUT2D eigenvalue weighted by molar-refractivity contribution is 7.17. The van der Waals surface area contributed by atoms with Crippen molar-refractivity contribution in [3.8, 4) is 11.5 Å². The number of thiophene rings is 1. The molecule has 2 aromatic rings. The number of rotatable bonds is 10. The Morgan fingerprint density at radius 2 is 1.97 bits per heavy atom. The number of amides is 1. The number of benzene rings is 1. The highest BCUT2D eigenvalue weighted by Gasteiger charge is 2.26. The quantitative estimate of drug-likeness (QED) is 0.345. The minimum absolute atomic E-state index is 0.296. The summed E-state index contributed by atoms with van der Waals surface area (Å²) in [5, 5.41) is 3.46. The molecule has 0 atom stereocenters. The Morgan fingerprint density at radius 1 is 1.18 bits per heavy atom. The molecule has 0 saturated carbocycles. The third kappa shape index (κ3) is 6.60. The van der Waals surface area contributed by atoms with Crippen LogP contribution in [0.2, 0.25) is 0 Å². The lowest BCUT2D eigenvalue weighted by Gasteiger charge is -2.12. The van der Waals surface area contributed by atoms with E-state index < -0.39 is 0 Å². The molecule has 1 aromatic carbocycles. The van der Waals surface area contributed by atoms with Crippen molar-refractivity contribution < 1.29 is 23.8 Å². The molecule has 3 rings (SSSR count). The molecular formula is C26H33NO5S. The molecule has 33 heavy (non-hydrogen) atoms. The van der Waals surface area contributed by atoms with Gasteiger partial charge in [-0.15, -0.1) is 11.3 Å². The van der Waals surface area contributed by atoms with Crippen molar-refractivity contribution in [2.24, 2.45) is 5.92 Å². The third-order valence-corrected chi connectivity index (χ3v) is 6.66. The van der Waals surface area contributed by atoms with Crippen LogP contribution in [0.5, 0.6) is 11.5 Å². The first kappa shape index (κ1) is 24.8. The molecule has 0 radical (unpaired) electrons. The molecule has 1 heterocycles. The fourth-order valence-corrected chi connectivity index (χ4v) is 4.99. The summed E-state index contributed by atoms with van der Waals surface area (Å²) in [6.45, 7) is 7.02. The SMILES string of the molecule is CCOC(=O)c1c(NC(=O)C=Cc2ccc(OCCC(C)C)c(OC)c2)sc2c1CCCC2. The van der Waals surface area contributed by atoms with E-state index in [0.29, 0.717) is 41.2 Å². The van der Waals surface area contributed by atoms with Crippen molar-refractivity contribution >= 4 is 34.3 Å². The van der Waals surface area contributed by atoms with Crippen molar-refractivity contribution in [3.05, 3.63) is 45.8 Å². The number of esters is 1. The lowest BCUT2D eigenvalue weighted by Crippen LogP contribution is -2.14. The first-order valence-corrected chi connectivity index (χ1v) is 12.4. The molecule has 1 aliphatic rings. The maximum Gasteiger partial charge on any atom is 0.341 e. The molecule has 1 N–H and O–H groups in total. The van der Waals surface area contributed by atoms with Crippen LogP contribution in [0.15, 0.2) is 24.3 Å². The monoisotopic (exact) mass is 471 g/mol. The lowest BCUT2D eigenvalue weighted by molar-refractivity contribution is -0.111. The second kappa shape index (κ2) is 11.9.